The highest BCUT2D eigenvalue weighted by Gasteiger charge is 2.51. The number of amides is 1. The van der Waals surface area contributed by atoms with Gasteiger partial charge < -0.3 is 15.1 Å². The molecule has 0 atom stereocenters. The number of anilines is 2. The second-order valence-corrected chi connectivity index (χ2v) is 9.15. The van der Waals surface area contributed by atoms with E-state index in [4.69, 9.17) is 23.2 Å². The van der Waals surface area contributed by atoms with Crippen LogP contribution in [0.3, 0.4) is 0 Å². The molecule has 1 N–H and O–H groups in total. The number of nitrogens with one attached hydrogen (secondary N) is 1. The van der Waals surface area contributed by atoms with Gasteiger partial charge in [0, 0.05) is 67.0 Å². The number of rotatable bonds is 4. The zero-order chi connectivity index (χ0) is 21.6. The molecule has 0 saturated carbocycles. The Morgan fingerprint density at radius 2 is 1.77 bits per heavy atom. The smallest absolute Gasteiger partial charge is 0.257 e. The molecule has 7 nitrogen and oxygen atoms in total. The summed E-state index contributed by atoms with van der Waals surface area (Å²) in [5.74, 6) is 0.567. The van der Waals surface area contributed by atoms with E-state index >= 15 is 0 Å². The largest absolute Gasteiger partial charge is 0.355 e. The number of benzene rings is 1. The molecule has 1 aromatic carbocycles. The van der Waals surface area contributed by atoms with Crippen molar-refractivity contribution in [3.63, 3.8) is 0 Å². The molecule has 2 aliphatic rings. The number of carbonyl (C=O) groups excluding carboxylic acids is 1. The third-order valence-electron chi connectivity index (χ3n) is 5.74. The van der Waals surface area contributed by atoms with Crippen molar-refractivity contribution in [2.45, 2.75) is 0 Å². The predicted molar refractivity (Wildman–Crippen MR) is 122 cm³/mol. The third kappa shape index (κ3) is 3.84. The minimum atomic E-state index is -0.281. The Hall–Kier alpha value is -2.74. The minimum Gasteiger partial charge on any atom is -0.355 e. The number of hydrogen-bond acceptors (Lipinski definition) is 6. The van der Waals surface area contributed by atoms with Crippen LogP contribution in [0.1, 0.15) is 10.4 Å². The monoisotopic (exact) mass is 454 g/mol. The highest BCUT2D eigenvalue weighted by molar-refractivity contribution is 6.42. The van der Waals surface area contributed by atoms with Gasteiger partial charge >= 0.3 is 0 Å². The summed E-state index contributed by atoms with van der Waals surface area (Å²) in [7, 11) is 2.14. The molecule has 31 heavy (non-hydrogen) atoms. The van der Waals surface area contributed by atoms with Crippen LogP contribution < -0.4 is 10.2 Å². The number of pyridine rings is 1. The zero-order valence-electron chi connectivity index (χ0n) is 16.8. The van der Waals surface area contributed by atoms with Gasteiger partial charge in [-0.15, -0.1) is 0 Å². The fraction of sp³-hybridized carbons (Fsp3) is 0.273. The van der Waals surface area contributed by atoms with Gasteiger partial charge in [-0.2, -0.15) is 0 Å². The normalized spacial score (nSPS) is 17.2. The van der Waals surface area contributed by atoms with Crippen LogP contribution >= 0.6 is 23.2 Å². The number of halogens is 2. The summed E-state index contributed by atoms with van der Waals surface area (Å²) < 4.78 is 0. The molecule has 0 bridgehead atoms. The maximum Gasteiger partial charge on any atom is 0.257 e. The molecule has 158 valence electrons. The Balaban J connectivity index is 1.43. The number of carbonyl (C=O) groups is 1. The van der Waals surface area contributed by atoms with E-state index in [9.17, 15) is 4.79 Å². The van der Waals surface area contributed by atoms with Crippen molar-refractivity contribution in [1.29, 1.82) is 0 Å². The first kappa shape index (κ1) is 20.2. The molecule has 2 saturated heterocycles. The highest BCUT2D eigenvalue weighted by atomic mass is 35.5. The zero-order valence-corrected chi connectivity index (χ0v) is 18.4. The van der Waals surface area contributed by atoms with Gasteiger partial charge in [0.25, 0.3) is 5.91 Å². The molecule has 1 spiro atoms. The summed E-state index contributed by atoms with van der Waals surface area (Å²) in [5, 5.41) is 3.66. The van der Waals surface area contributed by atoms with Crippen molar-refractivity contribution in [3.8, 4) is 11.1 Å². The van der Waals surface area contributed by atoms with Crippen molar-refractivity contribution >= 4 is 40.6 Å². The van der Waals surface area contributed by atoms with Gasteiger partial charge in [-0.25, -0.2) is 15.0 Å². The van der Waals surface area contributed by atoms with Gasteiger partial charge in [0.15, 0.2) is 0 Å². The summed E-state index contributed by atoms with van der Waals surface area (Å²) in [6.45, 7) is 4.13. The first-order valence-corrected chi connectivity index (χ1v) is 10.6. The second-order valence-electron chi connectivity index (χ2n) is 8.33. The number of hydrogen-bond donors (Lipinski definition) is 1. The van der Waals surface area contributed by atoms with E-state index in [-0.39, 0.29) is 5.91 Å². The Labute approximate surface area is 190 Å². The molecule has 4 heterocycles. The molecule has 0 aliphatic carbocycles. The highest BCUT2D eigenvalue weighted by Crippen LogP contribution is 2.43. The summed E-state index contributed by atoms with van der Waals surface area (Å²) in [6, 6.07) is 6.80. The fourth-order valence-corrected chi connectivity index (χ4v) is 4.77. The fourth-order valence-electron chi connectivity index (χ4n) is 4.47. The lowest BCUT2D eigenvalue weighted by molar-refractivity contribution is -0.00274. The van der Waals surface area contributed by atoms with Crippen LogP contribution in [0.2, 0.25) is 10.0 Å². The lowest BCUT2D eigenvalue weighted by Gasteiger charge is -2.60. The van der Waals surface area contributed by atoms with Crippen molar-refractivity contribution in [2.75, 3.05) is 43.4 Å². The lowest BCUT2D eigenvalue weighted by atomic mass is 9.73. The summed E-state index contributed by atoms with van der Waals surface area (Å²) in [5.41, 5.74) is 3.02. The number of nitrogens with zero attached hydrogens (tertiary/aromatic N) is 5. The van der Waals surface area contributed by atoms with Crippen LogP contribution in [0, 0.1) is 5.41 Å². The van der Waals surface area contributed by atoms with Gasteiger partial charge in [-0.05, 0) is 31.3 Å². The average Bonchev–Trinajstić information content (AvgIpc) is 2.72. The molecule has 9 heteroatoms. The van der Waals surface area contributed by atoms with Gasteiger partial charge in [-0.3, -0.25) is 4.79 Å². The average molecular weight is 455 g/mol. The van der Waals surface area contributed by atoms with E-state index in [1.807, 2.05) is 6.07 Å². The summed E-state index contributed by atoms with van der Waals surface area (Å²) >= 11 is 12.0. The van der Waals surface area contributed by atoms with Crippen LogP contribution in [0.5, 0.6) is 0 Å². The first-order chi connectivity index (χ1) is 14.9. The quantitative estimate of drug-likeness (QED) is 0.645. The maximum atomic E-state index is 12.9. The van der Waals surface area contributed by atoms with E-state index in [1.54, 1.807) is 36.8 Å². The topological polar surface area (TPSA) is 74.2 Å². The molecule has 2 fully saturated rings. The number of likely N-dealkylation sites (tertiary alicyclic amines) is 1. The standard InChI is InChI=1S/C22H20Cl2N6O/c1-29-9-22(10-29)11-30(12-22)20-17(15-6-25-13-26-7-15)4-14(8-27-20)21(31)28-16-2-3-18(23)19(24)5-16/h2-8,13H,9-12H2,1H3,(H,28,31). The van der Waals surface area contributed by atoms with E-state index in [0.717, 1.165) is 43.1 Å². The van der Waals surface area contributed by atoms with E-state index in [0.29, 0.717) is 26.7 Å². The van der Waals surface area contributed by atoms with Crippen LogP contribution in [0.15, 0.2) is 49.2 Å². The molecule has 2 aliphatic heterocycles. The van der Waals surface area contributed by atoms with Gasteiger partial charge in [-0.1, -0.05) is 23.2 Å². The van der Waals surface area contributed by atoms with Crippen molar-refractivity contribution in [1.82, 2.24) is 19.9 Å². The van der Waals surface area contributed by atoms with Crippen LogP contribution in [-0.2, 0) is 0 Å². The maximum absolute atomic E-state index is 12.9. The molecular weight excluding hydrogens is 435 g/mol. The minimum absolute atomic E-state index is 0.281. The van der Waals surface area contributed by atoms with Crippen molar-refractivity contribution < 1.29 is 4.79 Å². The molecule has 0 unspecified atom stereocenters. The Morgan fingerprint density at radius 3 is 2.45 bits per heavy atom. The van der Waals surface area contributed by atoms with Crippen LogP contribution in [0.25, 0.3) is 11.1 Å². The van der Waals surface area contributed by atoms with Crippen molar-refractivity contribution in [3.05, 3.63) is 64.8 Å². The van der Waals surface area contributed by atoms with E-state index < -0.39 is 0 Å². The Bertz CT molecular complexity index is 1140. The van der Waals surface area contributed by atoms with E-state index in [2.05, 4.69) is 37.1 Å². The van der Waals surface area contributed by atoms with Crippen LogP contribution in [-0.4, -0.2) is 59.0 Å². The van der Waals surface area contributed by atoms with Gasteiger partial charge in [0.2, 0.25) is 0 Å². The first-order valence-electron chi connectivity index (χ1n) is 9.88. The molecule has 2 aromatic heterocycles. The van der Waals surface area contributed by atoms with Gasteiger partial charge in [0.1, 0.15) is 12.1 Å². The second kappa shape index (κ2) is 7.75. The number of aromatic nitrogens is 3. The van der Waals surface area contributed by atoms with E-state index in [1.165, 1.54) is 6.33 Å². The van der Waals surface area contributed by atoms with Crippen LogP contribution in [0.4, 0.5) is 11.5 Å². The molecule has 0 radical (unpaired) electrons. The lowest BCUT2D eigenvalue weighted by Crippen LogP contribution is -2.71. The summed E-state index contributed by atoms with van der Waals surface area (Å²) in [6.07, 6.45) is 6.56. The molecule has 1 amide bonds. The molecule has 3 aromatic rings. The Morgan fingerprint density at radius 1 is 1.03 bits per heavy atom. The third-order valence-corrected chi connectivity index (χ3v) is 6.48. The summed E-state index contributed by atoms with van der Waals surface area (Å²) in [4.78, 5) is 30.4. The molecule has 5 rings (SSSR count). The van der Waals surface area contributed by atoms with Crippen molar-refractivity contribution in [2.24, 2.45) is 5.41 Å². The van der Waals surface area contributed by atoms with Gasteiger partial charge in [0.05, 0.1) is 15.6 Å². The SMILES string of the molecule is CN1CC2(C1)CN(c1ncc(C(=O)Nc3ccc(Cl)c(Cl)c3)cc1-c1cncnc1)C2. The predicted octanol–water partition coefficient (Wildman–Crippen LogP) is 3.85. The molecular formula is C22H20Cl2N6O. The Kier molecular flexibility index (Phi) is 5.04.